The van der Waals surface area contributed by atoms with Gasteiger partial charge < -0.3 is 14.7 Å². The molecule has 3 aromatic rings. The van der Waals surface area contributed by atoms with Gasteiger partial charge in [-0.3, -0.25) is 4.79 Å². The number of carbonyl (C=O) groups excluding carboxylic acids is 1. The number of piperazine rings is 1. The van der Waals surface area contributed by atoms with Crippen molar-refractivity contribution in [2.45, 2.75) is 19.3 Å². The van der Waals surface area contributed by atoms with Crippen LogP contribution in [0.4, 0.5) is 11.6 Å². The first-order valence-corrected chi connectivity index (χ1v) is 10.9. The third-order valence-electron chi connectivity index (χ3n) is 6.23. The molecule has 2 fully saturated rings. The third-order valence-corrected chi connectivity index (χ3v) is 6.23. The summed E-state index contributed by atoms with van der Waals surface area (Å²) in [4.78, 5) is 28.8. The van der Waals surface area contributed by atoms with Crippen molar-refractivity contribution < 1.29 is 4.79 Å². The van der Waals surface area contributed by atoms with Gasteiger partial charge in [-0.25, -0.2) is 9.97 Å². The van der Waals surface area contributed by atoms with Crippen molar-refractivity contribution in [3.8, 4) is 0 Å². The maximum absolute atomic E-state index is 13.2. The topological polar surface area (TPSA) is 52.6 Å². The Kier molecular flexibility index (Phi) is 5.22. The lowest BCUT2D eigenvalue weighted by Gasteiger charge is -2.36. The molecule has 0 spiro atoms. The number of benzene rings is 2. The van der Waals surface area contributed by atoms with Gasteiger partial charge in [0.05, 0.1) is 0 Å². The minimum Gasteiger partial charge on any atom is -0.356 e. The van der Waals surface area contributed by atoms with Gasteiger partial charge >= 0.3 is 0 Å². The zero-order valence-electron chi connectivity index (χ0n) is 17.2. The second-order valence-electron chi connectivity index (χ2n) is 8.09. The maximum atomic E-state index is 13.2. The first-order valence-electron chi connectivity index (χ1n) is 10.9. The summed E-state index contributed by atoms with van der Waals surface area (Å²) < 4.78 is 0. The lowest BCUT2D eigenvalue weighted by molar-refractivity contribution is 0.0748. The van der Waals surface area contributed by atoms with E-state index in [9.17, 15) is 4.79 Å². The smallest absolute Gasteiger partial charge is 0.254 e. The minimum absolute atomic E-state index is 0.114. The van der Waals surface area contributed by atoms with E-state index in [4.69, 9.17) is 0 Å². The Morgan fingerprint density at radius 2 is 1.40 bits per heavy atom. The number of fused-ring (bicyclic) bond motifs is 1. The first-order chi connectivity index (χ1) is 14.8. The summed E-state index contributed by atoms with van der Waals surface area (Å²) in [7, 11) is 0. The molecule has 1 amide bonds. The molecule has 0 unspecified atom stereocenters. The van der Waals surface area contributed by atoms with Crippen LogP contribution in [0.25, 0.3) is 10.8 Å². The van der Waals surface area contributed by atoms with Crippen molar-refractivity contribution in [3.63, 3.8) is 0 Å². The van der Waals surface area contributed by atoms with E-state index < -0.39 is 0 Å². The van der Waals surface area contributed by atoms with Crippen LogP contribution in [0, 0.1) is 0 Å². The number of piperidine rings is 1. The molecule has 6 nitrogen and oxygen atoms in total. The third kappa shape index (κ3) is 3.70. The number of anilines is 2. The Balaban J connectivity index is 1.28. The van der Waals surface area contributed by atoms with Crippen molar-refractivity contribution in [2.24, 2.45) is 0 Å². The fourth-order valence-electron chi connectivity index (χ4n) is 4.53. The van der Waals surface area contributed by atoms with Crippen LogP contribution in [-0.2, 0) is 0 Å². The van der Waals surface area contributed by atoms with Gasteiger partial charge in [0.15, 0.2) is 0 Å². The normalized spacial score (nSPS) is 17.4. The van der Waals surface area contributed by atoms with Crippen LogP contribution in [0.1, 0.15) is 29.6 Å². The maximum Gasteiger partial charge on any atom is 0.254 e. The van der Waals surface area contributed by atoms with Crippen LogP contribution in [-0.4, -0.2) is 60.0 Å². The fraction of sp³-hybridized carbons (Fsp3) is 0.375. The first kappa shape index (κ1) is 18.9. The molecule has 1 aromatic heterocycles. The Hall–Kier alpha value is -3.15. The number of aromatic nitrogens is 2. The van der Waals surface area contributed by atoms with E-state index >= 15 is 0 Å². The SMILES string of the molecule is O=C(c1cccc2ccccc12)N1CCN(c2cc(N3CCCCC3)ncn2)CC1. The molecule has 5 rings (SSSR count). The van der Waals surface area contributed by atoms with Crippen LogP contribution in [0.15, 0.2) is 54.9 Å². The van der Waals surface area contributed by atoms with Gasteiger partial charge in [0.1, 0.15) is 18.0 Å². The highest BCUT2D eigenvalue weighted by Crippen LogP contribution is 2.24. The van der Waals surface area contributed by atoms with Gasteiger partial charge in [0, 0.05) is 50.9 Å². The summed E-state index contributed by atoms with van der Waals surface area (Å²) >= 11 is 0. The van der Waals surface area contributed by atoms with E-state index in [0.29, 0.717) is 13.1 Å². The number of carbonyl (C=O) groups is 1. The van der Waals surface area contributed by atoms with E-state index in [-0.39, 0.29) is 5.91 Å². The molecule has 2 aliphatic rings. The van der Waals surface area contributed by atoms with Crippen LogP contribution in [0.3, 0.4) is 0 Å². The monoisotopic (exact) mass is 401 g/mol. The van der Waals surface area contributed by atoms with E-state index in [2.05, 4.69) is 38.0 Å². The van der Waals surface area contributed by atoms with Crippen molar-refractivity contribution in [1.29, 1.82) is 0 Å². The van der Waals surface area contributed by atoms with Gasteiger partial charge in [0.25, 0.3) is 5.91 Å². The Labute approximate surface area is 177 Å². The average molecular weight is 402 g/mol. The molecular weight excluding hydrogens is 374 g/mol. The van der Waals surface area contributed by atoms with Crippen molar-refractivity contribution in [3.05, 3.63) is 60.4 Å². The predicted octanol–water partition coefficient (Wildman–Crippen LogP) is 3.58. The zero-order valence-corrected chi connectivity index (χ0v) is 17.2. The Morgan fingerprint density at radius 3 is 2.17 bits per heavy atom. The van der Waals surface area contributed by atoms with E-state index in [1.807, 2.05) is 35.2 Å². The number of hydrogen-bond acceptors (Lipinski definition) is 5. The molecule has 0 saturated carbocycles. The highest BCUT2D eigenvalue weighted by Gasteiger charge is 2.24. The summed E-state index contributed by atoms with van der Waals surface area (Å²) in [5.41, 5.74) is 0.788. The predicted molar refractivity (Wildman–Crippen MR) is 120 cm³/mol. The molecule has 0 aliphatic carbocycles. The molecule has 2 aromatic carbocycles. The Morgan fingerprint density at radius 1 is 0.733 bits per heavy atom. The average Bonchev–Trinajstić information content (AvgIpc) is 2.84. The molecule has 0 radical (unpaired) electrons. The lowest BCUT2D eigenvalue weighted by Crippen LogP contribution is -2.49. The van der Waals surface area contributed by atoms with Gasteiger partial charge in [-0.2, -0.15) is 0 Å². The molecule has 2 aliphatic heterocycles. The molecule has 30 heavy (non-hydrogen) atoms. The van der Waals surface area contributed by atoms with Crippen LogP contribution >= 0.6 is 0 Å². The standard InChI is InChI=1S/C24H27N5O/c30-24(21-10-6-8-19-7-2-3-9-20(19)21)29-15-13-28(14-16-29)23-17-22(25-18-26-23)27-11-4-1-5-12-27/h2-3,6-10,17-18H,1,4-5,11-16H2. The second-order valence-corrected chi connectivity index (χ2v) is 8.09. The quantitative estimate of drug-likeness (QED) is 0.671. The fourth-order valence-corrected chi connectivity index (χ4v) is 4.53. The summed E-state index contributed by atoms with van der Waals surface area (Å²) in [5.74, 6) is 2.10. The summed E-state index contributed by atoms with van der Waals surface area (Å²) in [6.07, 6.45) is 5.44. The van der Waals surface area contributed by atoms with Gasteiger partial charge in [-0.15, -0.1) is 0 Å². The summed E-state index contributed by atoms with van der Waals surface area (Å²) in [5, 5.41) is 2.13. The molecule has 6 heteroatoms. The van der Waals surface area contributed by atoms with Gasteiger partial charge in [-0.05, 0) is 36.1 Å². The van der Waals surface area contributed by atoms with Gasteiger partial charge in [0.2, 0.25) is 0 Å². The molecule has 2 saturated heterocycles. The van der Waals surface area contributed by atoms with Crippen molar-refractivity contribution >= 4 is 28.3 Å². The minimum atomic E-state index is 0.114. The number of hydrogen-bond donors (Lipinski definition) is 0. The largest absolute Gasteiger partial charge is 0.356 e. The second kappa shape index (κ2) is 8.30. The molecule has 0 atom stereocenters. The molecule has 154 valence electrons. The van der Waals surface area contributed by atoms with Gasteiger partial charge in [-0.1, -0.05) is 36.4 Å². The molecule has 0 N–H and O–H groups in total. The van der Waals surface area contributed by atoms with Crippen LogP contribution in [0.5, 0.6) is 0 Å². The summed E-state index contributed by atoms with van der Waals surface area (Å²) in [6.45, 7) is 5.11. The lowest BCUT2D eigenvalue weighted by atomic mass is 10.0. The molecular formula is C24H27N5O. The van der Waals surface area contributed by atoms with E-state index in [1.54, 1.807) is 6.33 Å². The van der Waals surface area contributed by atoms with E-state index in [1.165, 1.54) is 19.3 Å². The van der Waals surface area contributed by atoms with Crippen LogP contribution in [0.2, 0.25) is 0 Å². The molecule has 0 bridgehead atoms. The van der Waals surface area contributed by atoms with E-state index in [0.717, 1.165) is 54.2 Å². The zero-order chi connectivity index (χ0) is 20.3. The number of rotatable bonds is 3. The van der Waals surface area contributed by atoms with Crippen molar-refractivity contribution in [2.75, 3.05) is 49.1 Å². The van der Waals surface area contributed by atoms with Crippen molar-refractivity contribution in [1.82, 2.24) is 14.9 Å². The summed E-state index contributed by atoms with van der Waals surface area (Å²) in [6, 6.07) is 16.1. The highest BCUT2D eigenvalue weighted by molar-refractivity contribution is 6.07. The molecule has 3 heterocycles. The van der Waals surface area contributed by atoms with Crippen LogP contribution < -0.4 is 9.80 Å². The number of amides is 1. The highest BCUT2D eigenvalue weighted by atomic mass is 16.2. The Bertz CT molecular complexity index is 1030. The number of nitrogens with zero attached hydrogens (tertiary/aromatic N) is 5.